The quantitative estimate of drug-likeness (QED) is 0.584. The van der Waals surface area contributed by atoms with Crippen LogP contribution in [0.2, 0.25) is 0 Å². The van der Waals surface area contributed by atoms with Crippen LogP contribution in [0.1, 0.15) is 0 Å². The van der Waals surface area contributed by atoms with Gasteiger partial charge in [0.1, 0.15) is 0 Å². The highest BCUT2D eigenvalue weighted by Crippen LogP contribution is 2.06. The van der Waals surface area contributed by atoms with Gasteiger partial charge in [-0.15, -0.1) is 0 Å². The topological polar surface area (TPSA) is 90.4 Å². The van der Waals surface area contributed by atoms with Crippen molar-refractivity contribution in [2.75, 3.05) is 66.3 Å². The standard InChI is InChI=1S/C12H25N3O5S/c1-13(8-11(16)10-20-2)9-12(17)14-4-6-15(7-5-14)21(3,18)19/h11,16H,4-10H2,1-3H3. The molecule has 8 nitrogen and oxygen atoms in total. The largest absolute Gasteiger partial charge is 0.389 e. The Hall–Kier alpha value is -0.740. The number of carbonyl (C=O) groups is 1. The van der Waals surface area contributed by atoms with Crippen LogP contribution in [0, 0.1) is 0 Å². The number of likely N-dealkylation sites (N-methyl/N-ethyl adjacent to an activating group) is 1. The molecule has 0 aromatic heterocycles. The van der Waals surface area contributed by atoms with Gasteiger partial charge in [0.15, 0.2) is 0 Å². The number of sulfonamides is 1. The third-order valence-electron chi connectivity index (χ3n) is 3.35. The van der Waals surface area contributed by atoms with Gasteiger partial charge in [-0.05, 0) is 7.05 Å². The molecule has 1 unspecified atom stereocenters. The minimum Gasteiger partial charge on any atom is -0.389 e. The molecule has 1 amide bonds. The van der Waals surface area contributed by atoms with E-state index in [1.165, 1.54) is 17.7 Å². The van der Waals surface area contributed by atoms with Crippen LogP contribution in [0.4, 0.5) is 0 Å². The summed E-state index contributed by atoms with van der Waals surface area (Å²) in [6.07, 6.45) is 0.546. The minimum atomic E-state index is -3.18. The summed E-state index contributed by atoms with van der Waals surface area (Å²) in [4.78, 5) is 15.5. The van der Waals surface area contributed by atoms with E-state index in [-0.39, 0.29) is 19.1 Å². The molecule has 1 aliphatic heterocycles. The Morgan fingerprint density at radius 2 is 1.90 bits per heavy atom. The highest BCUT2D eigenvalue weighted by molar-refractivity contribution is 7.88. The monoisotopic (exact) mass is 323 g/mol. The number of aliphatic hydroxyl groups is 1. The molecule has 21 heavy (non-hydrogen) atoms. The first-order chi connectivity index (χ1) is 9.74. The summed E-state index contributed by atoms with van der Waals surface area (Å²) in [5.41, 5.74) is 0. The molecule has 0 aromatic rings. The van der Waals surface area contributed by atoms with Crippen LogP contribution in [-0.2, 0) is 19.6 Å². The fourth-order valence-electron chi connectivity index (χ4n) is 2.27. The molecule has 0 bridgehead atoms. The highest BCUT2D eigenvalue weighted by atomic mass is 32.2. The molecule has 1 N–H and O–H groups in total. The summed E-state index contributed by atoms with van der Waals surface area (Å²) < 4.78 is 29.0. The van der Waals surface area contributed by atoms with Crippen molar-refractivity contribution in [3.05, 3.63) is 0 Å². The molecule has 1 rings (SSSR count). The molecule has 1 saturated heterocycles. The number of hydrogen-bond acceptors (Lipinski definition) is 6. The second kappa shape index (κ2) is 8.04. The van der Waals surface area contributed by atoms with Crippen LogP contribution in [0.25, 0.3) is 0 Å². The van der Waals surface area contributed by atoms with E-state index >= 15 is 0 Å². The van der Waals surface area contributed by atoms with E-state index < -0.39 is 16.1 Å². The summed E-state index contributed by atoms with van der Waals surface area (Å²) in [6, 6.07) is 0. The Balaban J connectivity index is 2.37. The Morgan fingerprint density at radius 1 is 1.33 bits per heavy atom. The van der Waals surface area contributed by atoms with Gasteiger partial charge in [0.25, 0.3) is 0 Å². The molecular formula is C12H25N3O5S. The van der Waals surface area contributed by atoms with Gasteiger partial charge in [-0.25, -0.2) is 8.42 Å². The maximum atomic E-state index is 12.1. The first kappa shape index (κ1) is 18.3. The lowest BCUT2D eigenvalue weighted by Gasteiger charge is -2.34. The van der Waals surface area contributed by atoms with Crippen molar-refractivity contribution in [1.29, 1.82) is 0 Å². The smallest absolute Gasteiger partial charge is 0.236 e. The average Bonchev–Trinajstić information content (AvgIpc) is 2.37. The second-order valence-electron chi connectivity index (χ2n) is 5.35. The average molecular weight is 323 g/mol. The summed E-state index contributed by atoms with van der Waals surface area (Å²) in [5, 5.41) is 9.60. The molecule has 1 fully saturated rings. The molecule has 1 aliphatic rings. The number of nitrogens with zero attached hydrogens (tertiary/aromatic N) is 3. The van der Waals surface area contributed by atoms with Gasteiger partial charge in [0.05, 0.1) is 25.5 Å². The number of aliphatic hydroxyl groups excluding tert-OH is 1. The van der Waals surface area contributed by atoms with Gasteiger partial charge in [0.2, 0.25) is 15.9 Å². The first-order valence-electron chi connectivity index (χ1n) is 6.82. The molecular weight excluding hydrogens is 298 g/mol. The zero-order valence-corrected chi connectivity index (χ0v) is 13.7. The van der Waals surface area contributed by atoms with Crippen molar-refractivity contribution in [2.24, 2.45) is 0 Å². The van der Waals surface area contributed by atoms with Crippen LogP contribution >= 0.6 is 0 Å². The molecule has 1 atom stereocenters. The van der Waals surface area contributed by atoms with Crippen molar-refractivity contribution in [3.8, 4) is 0 Å². The van der Waals surface area contributed by atoms with Crippen LogP contribution < -0.4 is 0 Å². The van der Waals surface area contributed by atoms with E-state index in [4.69, 9.17) is 4.74 Å². The van der Waals surface area contributed by atoms with Gasteiger partial charge < -0.3 is 14.7 Å². The molecule has 0 aromatic carbocycles. The van der Waals surface area contributed by atoms with E-state index in [1.807, 2.05) is 0 Å². The van der Waals surface area contributed by atoms with Gasteiger partial charge >= 0.3 is 0 Å². The second-order valence-corrected chi connectivity index (χ2v) is 7.33. The van der Waals surface area contributed by atoms with Crippen molar-refractivity contribution in [1.82, 2.24) is 14.1 Å². The summed E-state index contributed by atoms with van der Waals surface area (Å²) in [6.45, 7) is 2.25. The van der Waals surface area contributed by atoms with Gasteiger partial charge in [-0.3, -0.25) is 9.69 Å². The van der Waals surface area contributed by atoms with Gasteiger partial charge in [0, 0.05) is 39.8 Å². The van der Waals surface area contributed by atoms with Gasteiger partial charge in [-0.1, -0.05) is 0 Å². The van der Waals surface area contributed by atoms with E-state index in [0.29, 0.717) is 32.7 Å². The number of piperazine rings is 1. The lowest BCUT2D eigenvalue weighted by molar-refractivity contribution is -0.133. The van der Waals surface area contributed by atoms with E-state index in [1.54, 1.807) is 16.8 Å². The fourth-order valence-corrected chi connectivity index (χ4v) is 3.10. The Labute approximate surface area is 126 Å². The summed E-state index contributed by atoms with van der Waals surface area (Å²) in [5.74, 6) is -0.0599. The molecule has 0 spiro atoms. The van der Waals surface area contributed by atoms with Gasteiger partial charge in [-0.2, -0.15) is 4.31 Å². The number of methoxy groups -OCH3 is 1. The maximum Gasteiger partial charge on any atom is 0.236 e. The van der Waals surface area contributed by atoms with Crippen LogP contribution in [0.15, 0.2) is 0 Å². The lowest BCUT2D eigenvalue weighted by Crippen LogP contribution is -2.52. The number of carbonyl (C=O) groups excluding carboxylic acids is 1. The van der Waals surface area contributed by atoms with E-state index in [2.05, 4.69) is 0 Å². The van der Waals surface area contributed by atoms with E-state index in [9.17, 15) is 18.3 Å². The lowest BCUT2D eigenvalue weighted by atomic mass is 10.3. The third kappa shape index (κ3) is 6.27. The minimum absolute atomic E-state index is 0.0599. The first-order valence-corrected chi connectivity index (χ1v) is 8.67. The fraction of sp³-hybridized carbons (Fsp3) is 0.917. The highest BCUT2D eigenvalue weighted by Gasteiger charge is 2.26. The zero-order chi connectivity index (χ0) is 16.0. The normalized spacial score (nSPS) is 19.0. The van der Waals surface area contributed by atoms with Crippen molar-refractivity contribution < 1.29 is 23.1 Å². The van der Waals surface area contributed by atoms with Crippen molar-refractivity contribution in [3.63, 3.8) is 0 Å². The number of hydrogen-bond donors (Lipinski definition) is 1. The number of ether oxygens (including phenoxy) is 1. The number of amides is 1. The van der Waals surface area contributed by atoms with Crippen molar-refractivity contribution in [2.45, 2.75) is 6.10 Å². The number of rotatable bonds is 7. The Bertz CT molecular complexity index is 434. The van der Waals surface area contributed by atoms with Crippen LogP contribution in [-0.4, -0.2) is 106 Å². The zero-order valence-electron chi connectivity index (χ0n) is 12.9. The molecule has 9 heteroatoms. The maximum absolute atomic E-state index is 12.1. The predicted octanol–water partition coefficient (Wildman–Crippen LogP) is -1.97. The Kier molecular flexibility index (Phi) is 7.01. The SMILES string of the molecule is COCC(O)CN(C)CC(=O)N1CCN(S(C)(=O)=O)CC1. The Morgan fingerprint density at radius 3 is 2.38 bits per heavy atom. The molecule has 124 valence electrons. The molecule has 0 saturated carbocycles. The van der Waals surface area contributed by atoms with Crippen LogP contribution in [0.5, 0.6) is 0 Å². The van der Waals surface area contributed by atoms with Crippen molar-refractivity contribution >= 4 is 15.9 Å². The summed E-state index contributed by atoms with van der Waals surface area (Å²) >= 11 is 0. The van der Waals surface area contributed by atoms with E-state index in [0.717, 1.165) is 0 Å². The van der Waals surface area contributed by atoms with Crippen LogP contribution in [0.3, 0.4) is 0 Å². The predicted molar refractivity (Wildman–Crippen MR) is 78.4 cm³/mol. The molecule has 0 aliphatic carbocycles. The molecule has 0 radical (unpaired) electrons. The third-order valence-corrected chi connectivity index (χ3v) is 4.65. The molecule has 1 heterocycles. The summed E-state index contributed by atoms with van der Waals surface area (Å²) in [7, 11) is 0.0808.